The van der Waals surface area contributed by atoms with E-state index in [0.717, 1.165) is 44.0 Å². The van der Waals surface area contributed by atoms with Gasteiger partial charge in [-0.15, -0.1) is 0 Å². The van der Waals surface area contributed by atoms with Crippen molar-refractivity contribution in [2.75, 3.05) is 0 Å². The van der Waals surface area contributed by atoms with Gasteiger partial charge in [0.05, 0.1) is 0 Å². The second kappa shape index (κ2) is 6.96. The lowest BCUT2D eigenvalue weighted by Crippen LogP contribution is -2.61. The fourth-order valence-corrected chi connectivity index (χ4v) is 5.33. The Morgan fingerprint density at radius 3 is 2.65 bits per heavy atom. The highest BCUT2D eigenvalue weighted by Crippen LogP contribution is 2.54. The molecule has 2 N–H and O–H groups in total. The topological polar surface area (TPSA) is 43.1 Å². The van der Waals surface area contributed by atoms with Crippen molar-refractivity contribution in [2.45, 2.75) is 91.0 Å². The first-order valence-electron chi connectivity index (χ1n) is 10.3. The van der Waals surface area contributed by atoms with Crippen LogP contribution in [0.2, 0.25) is 0 Å². The summed E-state index contributed by atoms with van der Waals surface area (Å²) >= 11 is 0. The lowest BCUT2D eigenvalue weighted by molar-refractivity contribution is 0.111. The van der Waals surface area contributed by atoms with Gasteiger partial charge >= 0.3 is 0 Å². The largest absolute Gasteiger partial charge is 0.324 e. The molecule has 2 nitrogen and oxygen atoms in total. The molecule has 1 aromatic rings. The number of rotatable bonds is 5. The predicted molar refractivity (Wildman–Crippen MR) is 110 cm³/mol. The van der Waals surface area contributed by atoms with Gasteiger partial charge in [0.25, 0.3) is 0 Å². The maximum absolute atomic E-state index is 12.0. The highest BCUT2D eigenvalue weighted by molar-refractivity contribution is 5.81. The summed E-state index contributed by atoms with van der Waals surface area (Å²) in [6.07, 6.45) is 11.2. The van der Waals surface area contributed by atoms with Crippen molar-refractivity contribution in [3.8, 4) is 0 Å². The SMILES string of the molecule is CCCCCc1cc2c(c(C)c1C=O)C1C=C(C)CCC1(N)C(C)(C)C2. The summed E-state index contributed by atoms with van der Waals surface area (Å²) in [6.45, 7) is 11.2. The third-order valence-electron chi connectivity index (χ3n) is 7.16. The summed E-state index contributed by atoms with van der Waals surface area (Å²) in [5.74, 6) is 0.221. The maximum Gasteiger partial charge on any atom is 0.150 e. The van der Waals surface area contributed by atoms with Crippen molar-refractivity contribution in [1.29, 1.82) is 0 Å². The molecule has 2 aliphatic carbocycles. The van der Waals surface area contributed by atoms with Crippen molar-refractivity contribution in [3.05, 3.63) is 45.5 Å². The van der Waals surface area contributed by atoms with E-state index >= 15 is 0 Å². The molecule has 0 amide bonds. The molecule has 2 atom stereocenters. The quantitative estimate of drug-likeness (QED) is 0.422. The first kappa shape index (κ1) is 19.4. The van der Waals surface area contributed by atoms with Crippen LogP contribution in [-0.2, 0) is 12.8 Å². The zero-order valence-corrected chi connectivity index (χ0v) is 17.2. The smallest absolute Gasteiger partial charge is 0.150 e. The zero-order chi connectivity index (χ0) is 19.1. The summed E-state index contributed by atoms with van der Waals surface area (Å²) in [5, 5.41) is 0. The third kappa shape index (κ3) is 2.97. The number of hydrogen-bond donors (Lipinski definition) is 1. The van der Waals surface area contributed by atoms with Crippen LogP contribution in [0.5, 0.6) is 0 Å². The molecule has 0 heterocycles. The van der Waals surface area contributed by atoms with Crippen LogP contribution in [0.3, 0.4) is 0 Å². The highest BCUT2D eigenvalue weighted by Gasteiger charge is 2.52. The molecule has 0 saturated carbocycles. The minimum atomic E-state index is -0.228. The van der Waals surface area contributed by atoms with E-state index in [1.165, 1.54) is 40.7 Å². The van der Waals surface area contributed by atoms with Gasteiger partial charge in [0, 0.05) is 17.0 Å². The van der Waals surface area contributed by atoms with E-state index in [-0.39, 0.29) is 16.9 Å². The van der Waals surface area contributed by atoms with E-state index in [2.05, 4.69) is 46.8 Å². The molecule has 0 bridgehead atoms. The first-order chi connectivity index (χ1) is 12.2. The van der Waals surface area contributed by atoms with E-state index in [1.54, 1.807) is 0 Å². The molecule has 0 aliphatic heterocycles. The van der Waals surface area contributed by atoms with Gasteiger partial charge < -0.3 is 5.73 Å². The van der Waals surface area contributed by atoms with Crippen LogP contribution < -0.4 is 5.73 Å². The van der Waals surface area contributed by atoms with Gasteiger partial charge in [-0.3, -0.25) is 4.79 Å². The van der Waals surface area contributed by atoms with Gasteiger partial charge in [-0.25, -0.2) is 0 Å². The summed E-state index contributed by atoms with van der Waals surface area (Å²) < 4.78 is 0. The van der Waals surface area contributed by atoms with E-state index in [4.69, 9.17) is 5.73 Å². The normalized spacial score (nSPS) is 26.7. The number of carbonyl (C=O) groups excluding carboxylic acids is 1. The van der Waals surface area contributed by atoms with Crippen molar-refractivity contribution >= 4 is 6.29 Å². The van der Waals surface area contributed by atoms with Gasteiger partial charge in [-0.05, 0) is 73.6 Å². The number of nitrogens with two attached hydrogens (primary N) is 1. The average Bonchev–Trinajstić information content (AvgIpc) is 2.57. The van der Waals surface area contributed by atoms with E-state index in [0.29, 0.717) is 0 Å². The summed E-state index contributed by atoms with van der Waals surface area (Å²) in [7, 11) is 0. The van der Waals surface area contributed by atoms with Gasteiger partial charge in [-0.1, -0.05) is 51.3 Å². The lowest BCUT2D eigenvalue weighted by atomic mass is 9.52. The van der Waals surface area contributed by atoms with E-state index in [9.17, 15) is 4.79 Å². The molecule has 3 rings (SSSR count). The van der Waals surface area contributed by atoms with Gasteiger partial charge in [-0.2, -0.15) is 0 Å². The molecule has 142 valence electrons. The number of aryl methyl sites for hydroxylation is 1. The van der Waals surface area contributed by atoms with Crippen LogP contribution in [0.4, 0.5) is 0 Å². The number of hydrogen-bond acceptors (Lipinski definition) is 2. The molecule has 2 heteroatoms. The van der Waals surface area contributed by atoms with Crippen molar-refractivity contribution in [1.82, 2.24) is 0 Å². The first-order valence-corrected chi connectivity index (χ1v) is 10.3. The van der Waals surface area contributed by atoms with Gasteiger partial charge in [0.1, 0.15) is 0 Å². The number of fused-ring (bicyclic) bond motifs is 3. The Labute approximate surface area is 159 Å². The fourth-order valence-electron chi connectivity index (χ4n) is 5.33. The lowest BCUT2D eigenvalue weighted by Gasteiger charge is -2.55. The van der Waals surface area contributed by atoms with Crippen LogP contribution in [-0.4, -0.2) is 11.8 Å². The predicted octanol–water partition coefficient (Wildman–Crippen LogP) is 5.64. The maximum atomic E-state index is 12.0. The van der Waals surface area contributed by atoms with Gasteiger partial charge in [0.15, 0.2) is 6.29 Å². The number of carbonyl (C=O) groups is 1. The van der Waals surface area contributed by atoms with E-state index < -0.39 is 0 Å². The minimum absolute atomic E-state index is 0.0533. The molecular weight excluding hydrogens is 318 g/mol. The van der Waals surface area contributed by atoms with Crippen LogP contribution in [0.15, 0.2) is 17.7 Å². The van der Waals surface area contributed by atoms with Crippen molar-refractivity contribution in [2.24, 2.45) is 11.1 Å². The monoisotopic (exact) mass is 353 g/mol. The Bertz CT molecular complexity index is 743. The standard InChI is InChI=1S/C24H35NO/c1-6-7-8-9-18-13-19-14-23(4,5)24(25)11-10-16(2)12-21(24)22(19)17(3)20(18)15-26/h12-13,15,21H,6-11,14,25H2,1-5H3. The van der Waals surface area contributed by atoms with Crippen LogP contribution >= 0.6 is 0 Å². The van der Waals surface area contributed by atoms with Crippen LogP contribution in [0, 0.1) is 12.3 Å². The molecule has 0 fully saturated rings. The second-order valence-electron chi connectivity index (χ2n) is 9.31. The Balaban J connectivity index is 2.17. The zero-order valence-electron chi connectivity index (χ0n) is 17.2. The molecule has 0 saturated heterocycles. The Morgan fingerprint density at radius 1 is 1.27 bits per heavy atom. The minimum Gasteiger partial charge on any atom is -0.324 e. The van der Waals surface area contributed by atoms with E-state index in [1.807, 2.05) is 0 Å². The summed E-state index contributed by atoms with van der Waals surface area (Å²) in [5.41, 5.74) is 14.4. The molecule has 1 aromatic carbocycles. The molecule has 0 aromatic heterocycles. The van der Waals surface area contributed by atoms with Crippen LogP contribution in [0.1, 0.15) is 98.3 Å². The Hall–Kier alpha value is -1.41. The van der Waals surface area contributed by atoms with Gasteiger partial charge in [0.2, 0.25) is 0 Å². The van der Waals surface area contributed by atoms with Crippen molar-refractivity contribution < 1.29 is 4.79 Å². The number of unbranched alkanes of at least 4 members (excludes halogenated alkanes) is 2. The Kier molecular flexibility index (Phi) is 5.18. The molecule has 0 radical (unpaired) electrons. The molecule has 2 aliphatic rings. The molecule has 0 spiro atoms. The Morgan fingerprint density at radius 2 is 2.00 bits per heavy atom. The number of allylic oxidation sites excluding steroid dienone is 1. The number of benzene rings is 1. The average molecular weight is 354 g/mol. The second-order valence-corrected chi connectivity index (χ2v) is 9.31. The third-order valence-corrected chi connectivity index (χ3v) is 7.16. The molecular formula is C24H35NO. The highest BCUT2D eigenvalue weighted by atomic mass is 16.1. The summed E-state index contributed by atoms with van der Waals surface area (Å²) in [6, 6.07) is 2.33. The number of aldehydes is 1. The van der Waals surface area contributed by atoms with Crippen LogP contribution in [0.25, 0.3) is 0 Å². The molecule has 26 heavy (non-hydrogen) atoms. The molecule has 2 unspecified atom stereocenters. The summed E-state index contributed by atoms with van der Waals surface area (Å²) in [4.78, 5) is 12.0. The van der Waals surface area contributed by atoms with Crippen molar-refractivity contribution in [3.63, 3.8) is 0 Å². The fraction of sp³-hybridized carbons (Fsp3) is 0.625.